The second-order valence-electron chi connectivity index (χ2n) is 5.14. The number of H-pyrrole nitrogens is 1. The lowest BCUT2D eigenvalue weighted by Gasteiger charge is -2.01. The molecule has 0 aliphatic heterocycles. The highest BCUT2D eigenvalue weighted by Crippen LogP contribution is 2.00. The molecule has 25 heavy (non-hydrogen) atoms. The Bertz CT molecular complexity index is 945. The van der Waals surface area contributed by atoms with Crippen LogP contribution < -0.4 is 10.9 Å². The zero-order valence-corrected chi connectivity index (χ0v) is 13.0. The molecule has 8 heteroatoms. The Morgan fingerprint density at radius 1 is 1.20 bits per heavy atom. The molecule has 0 radical (unpaired) electrons. The molecule has 0 unspecified atom stereocenters. The Morgan fingerprint density at radius 3 is 2.64 bits per heavy atom. The van der Waals surface area contributed by atoms with E-state index in [1.54, 1.807) is 0 Å². The number of hydrogen-bond donors (Lipinski definition) is 2. The highest BCUT2D eigenvalue weighted by molar-refractivity contribution is 5.91. The third-order valence-corrected chi connectivity index (χ3v) is 3.35. The standard InChI is InChI=1S/C17H14FN5O2/c18-14-8-6-13(7-9-14)11-20-23-17(25)15(21-22-23)16(24)19-10-12-4-2-1-3-5-12/h1-9,11,22H,10H2,(H,19,24)/b20-11-. The first-order valence-electron chi connectivity index (χ1n) is 7.43. The van der Waals surface area contributed by atoms with Crippen LogP contribution >= 0.6 is 0 Å². The molecule has 0 saturated carbocycles. The number of nitrogens with zero attached hydrogens (tertiary/aromatic N) is 3. The van der Waals surface area contributed by atoms with Crippen LogP contribution in [0.5, 0.6) is 0 Å². The number of carbonyl (C=O) groups excluding carboxylic acids is 1. The molecule has 0 spiro atoms. The van der Waals surface area contributed by atoms with Gasteiger partial charge in [-0.3, -0.25) is 9.59 Å². The second kappa shape index (κ2) is 7.35. The number of carbonyl (C=O) groups is 1. The predicted molar refractivity (Wildman–Crippen MR) is 89.9 cm³/mol. The van der Waals surface area contributed by atoms with Gasteiger partial charge >= 0.3 is 5.56 Å². The van der Waals surface area contributed by atoms with E-state index >= 15 is 0 Å². The minimum absolute atomic E-state index is 0.283. The Kier molecular flexibility index (Phi) is 4.79. The molecule has 7 nitrogen and oxygen atoms in total. The lowest BCUT2D eigenvalue weighted by Crippen LogP contribution is -2.29. The molecule has 1 amide bonds. The summed E-state index contributed by atoms with van der Waals surface area (Å²) < 4.78 is 12.8. The van der Waals surface area contributed by atoms with E-state index in [-0.39, 0.29) is 18.1 Å². The molecule has 0 aliphatic rings. The van der Waals surface area contributed by atoms with E-state index in [1.165, 1.54) is 30.5 Å². The molecule has 126 valence electrons. The van der Waals surface area contributed by atoms with Crippen LogP contribution in [-0.4, -0.2) is 27.2 Å². The van der Waals surface area contributed by atoms with Crippen molar-refractivity contribution in [1.82, 2.24) is 20.4 Å². The summed E-state index contributed by atoms with van der Waals surface area (Å²) in [4.78, 5) is 25.0. The van der Waals surface area contributed by atoms with Gasteiger partial charge in [0.1, 0.15) is 5.82 Å². The van der Waals surface area contributed by atoms with E-state index in [2.05, 4.69) is 20.7 Å². The third-order valence-electron chi connectivity index (χ3n) is 3.35. The Morgan fingerprint density at radius 2 is 1.92 bits per heavy atom. The highest BCUT2D eigenvalue weighted by atomic mass is 19.1. The summed E-state index contributed by atoms with van der Waals surface area (Å²) in [5, 5.41) is 12.6. The third kappa shape index (κ3) is 4.05. The predicted octanol–water partition coefficient (Wildman–Crippen LogP) is 1.52. The number of amides is 1. The molecule has 1 aromatic heterocycles. The van der Waals surface area contributed by atoms with Crippen LogP contribution in [0.3, 0.4) is 0 Å². The molecule has 0 fully saturated rings. The van der Waals surface area contributed by atoms with Gasteiger partial charge in [-0.05, 0) is 23.3 Å². The maximum Gasteiger partial charge on any atom is 0.320 e. The molecular weight excluding hydrogens is 325 g/mol. The molecule has 0 atom stereocenters. The van der Waals surface area contributed by atoms with Gasteiger partial charge in [0, 0.05) is 6.54 Å². The van der Waals surface area contributed by atoms with Gasteiger partial charge in [-0.25, -0.2) is 4.39 Å². The van der Waals surface area contributed by atoms with Crippen molar-refractivity contribution < 1.29 is 9.18 Å². The lowest BCUT2D eigenvalue weighted by atomic mass is 10.2. The van der Waals surface area contributed by atoms with Gasteiger partial charge in [-0.1, -0.05) is 42.5 Å². The summed E-state index contributed by atoms with van der Waals surface area (Å²) in [5.74, 6) is -0.964. The molecule has 3 aromatic rings. The average Bonchev–Trinajstić information content (AvgIpc) is 3.01. The van der Waals surface area contributed by atoms with Crippen LogP contribution in [0.25, 0.3) is 0 Å². The van der Waals surface area contributed by atoms with Gasteiger partial charge < -0.3 is 5.32 Å². The van der Waals surface area contributed by atoms with Gasteiger partial charge in [0.15, 0.2) is 0 Å². The number of benzene rings is 2. The number of rotatable bonds is 5. The molecular formula is C17H14FN5O2. The molecule has 2 aromatic carbocycles. The zero-order valence-electron chi connectivity index (χ0n) is 13.0. The van der Waals surface area contributed by atoms with Gasteiger partial charge in [0.05, 0.1) is 6.21 Å². The maximum atomic E-state index is 12.8. The molecule has 1 heterocycles. The quantitative estimate of drug-likeness (QED) is 0.690. The van der Waals surface area contributed by atoms with Crippen molar-refractivity contribution in [3.63, 3.8) is 0 Å². The number of nitrogens with one attached hydrogen (secondary N) is 2. The summed E-state index contributed by atoms with van der Waals surface area (Å²) in [6, 6.07) is 14.9. The first-order chi connectivity index (χ1) is 12.1. The molecule has 2 N–H and O–H groups in total. The first-order valence-corrected chi connectivity index (χ1v) is 7.43. The smallest absolute Gasteiger partial charge is 0.320 e. The highest BCUT2D eigenvalue weighted by Gasteiger charge is 2.16. The topological polar surface area (TPSA) is 92.1 Å². The van der Waals surface area contributed by atoms with Crippen LogP contribution in [0, 0.1) is 5.82 Å². The Balaban J connectivity index is 1.69. The van der Waals surface area contributed by atoms with Gasteiger partial charge in [-0.2, -0.15) is 10.3 Å². The fraction of sp³-hybridized carbons (Fsp3) is 0.0588. The average molecular weight is 339 g/mol. The van der Waals surface area contributed by atoms with Crippen molar-refractivity contribution in [3.8, 4) is 0 Å². The van der Waals surface area contributed by atoms with Crippen molar-refractivity contribution >= 4 is 12.1 Å². The van der Waals surface area contributed by atoms with E-state index < -0.39 is 11.5 Å². The summed E-state index contributed by atoms with van der Waals surface area (Å²) in [6.45, 7) is 0.283. The largest absolute Gasteiger partial charge is 0.346 e. The van der Waals surface area contributed by atoms with Crippen LogP contribution in [0.4, 0.5) is 4.39 Å². The normalized spacial score (nSPS) is 10.9. The van der Waals surface area contributed by atoms with Crippen molar-refractivity contribution in [2.24, 2.45) is 5.10 Å². The van der Waals surface area contributed by atoms with Gasteiger partial charge in [0.2, 0.25) is 5.69 Å². The maximum absolute atomic E-state index is 12.8. The van der Waals surface area contributed by atoms with Crippen molar-refractivity contribution in [3.05, 3.63) is 87.6 Å². The van der Waals surface area contributed by atoms with E-state index in [4.69, 9.17) is 0 Å². The van der Waals surface area contributed by atoms with Crippen LogP contribution in [0.1, 0.15) is 21.6 Å². The number of halogens is 1. The number of aromatic nitrogens is 3. The van der Waals surface area contributed by atoms with E-state index in [0.29, 0.717) is 5.56 Å². The molecule has 3 rings (SSSR count). The van der Waals surface area contributed by atoms with Crippen molar-refractivity contribution in [2.45, 2.75) is 6.54 Å². The molecule has 0 saturated heterocycles. The Labute approximate surface area is 141 Å². The van der Waals surface area contributed by atoms with Gasteiger partial charge in [-0.15, -0.1) is 9.89 Å². The van der Waals surface area contributed by atoms with Crippen LogP contribution in [0.2, 0.25) is 0 Å². The summed E-state index contributed by atoms with van der Waals surface area (Å²) in [7, 11) is 0. The summed E-state index contributed by atoms with van der Waals surface area (Å²) in [5.41, 5.74) is 0.537. The Hall–Kier alpha value is -3.55. The second-order valence-corrected chi connectivity index (χ2v) is 5.14. The monoisotopic (exact) mass is 339 g/mol. The fourth-order valence-electron chi connectivity index (χ4n) is 2.05. The number of aromatic amines is 1. The summed E-state index contributed by atoms with van der Waals surface area (Å²) in [6.07, 6.45) is 1.35. The first kappa shape index (κ1) is 16.3. The minimum atomic E-state index is -0.677. The number of hydrogen-bond acceptors (Lipinski definition) is 4. The van der Waals surface area contributed by atoms with Crippen LogP contribution in [0.15, 0.2) is 64.5 Å². The fourth-order valence-corrected chi connectivity index (χ4v) is 2.05. The van der Waals surface area contributed by atoms with E-state index in [0.717, 1.165) is 10.4 Å². The van der Waals surface area contributed by atoms with Crippen molar-refractivity contribution in [1.29, 1.82) is 0 Å². The minimum Gasteiger partial charge on any atom is -0.346 e. The van der Waals surface area contributed by atoms with Crippen LogP contribution in [-0.2, 0) is 6.54 Å². The lowest BCUT2D eigenvalue weighted by molar-refractivity contribution is 0.0944. The van der Waals surface area contributed by atoms with Gasteiger partial charge in [0.25, 0.3) is 5.91 Å². The SMILES string of the molecule is O=C(NCc1ccccc1)c1n[nH]n(/N=C\c2ccc(F)cc2)c1=O. The molecule has 0 aliphatic carbocycles. The van der Waals surface area contributed by atoms with Crippen molar-refractivity contribution in [2.75, 3.05) is 0 Å². The van der Waals surface area contributed by atoms with E-state index in [9.17, 15) is 14.0 Å². The molecule has 0 bridgehead atoms. The zero-order chi connectivity index (χ0) is 17.6. The summed E-state index contributed by atoms with van der Waals surface area (Å²) >= 11 is 0. The van der Waals surface area contributed by atoms with E-state index in [1.807, 2.05) is 30.3 Å².